The second kappa shape index (κ2) is 7.01. The van der Waals surface area contributed by atoms with Gasteiger partial charge in [-0.25, -0.2) is 4.39 Å². The van der Waals surface area contributed by atoms with Crippen LogP contribution in [0.3, 0.4) is 0 Å². The molecule has 1 atom stereocenters. The van der Waals surface area contributed by atoms with E-state index in [1.807, 2.05) is 6.92 Å². The van der Waals surface area contributed by atoms with Gasteiger partial charge in [-0.1, -0.05) is 30.3 Å². The van der Waals surface area contributed by atoms with Gasteiger partial charge in [0.1, 0.15) is 5.82 Å². The molecule has 25 heavy (non-hydrogen) atoms. The van der Waals surface area contributed by atoms with E-state index in [4.69, 9.17) is 0 Å². The molecule has 1 saturated carbocycles. The predicted octanol–water partition coefficient (Wildman–Crippen LogP) is 4.03. The van der Waals surface area contributed by atoms with Gasteiger partial charge in [0.2, 0.25) is 5.91 Å². The van der Waals surface area contributed by atoms with Gasteiger partial charge in [0, 0.05) is 23.7 Å². The summed E-state index contributed by atoms with van der Waals surface area (Å²) in [4.78, 5) is 24.8. The van der Waals surface area contributed by atoms with E-state index in [9.17, 15) is 19.3 Å². The molecule has 5 nitrogen and oxygen atoms in total. The van der Waals surface area contributed by atoms with Gasteiger partial charge >= 0.3 is 0 Å². The van der Waals surface area contributed by atoms with Crippen LogP contribution < -0.4 is 0 Å². The standard InChI is InChI=1S/C19H19FN2O3/c1-13(17-4-2-3-5-18(17)20)21(15-10-11-15)19(23)12-14-6-8-16(9-7-14)22(24)25/h2-9,13,15H,10-12H2,1H3. The number of nitrogens with zero attached hydrogens (tertiary/aromatic N) is 2. The highest BCUT2D eigenvalue weighted by Crippen LogP contribution is 2.35. The van der Waals surface area contributed by atoms with Crippen molar-refractivity contribution in [3.8, 4) is 0 Å². The molecular weight excluding hydrogens is 323 g/mol. The van der Waals surface area contributed by atoms with Crippen LogP contribution in [0, 0.1) is 15.9 Å². The van der Waals surface area contributed by atoms with Crippen molar-refractivity contribution in [3.63, 3.8) is 0 Å². The lowest BCUT2D eigenvalue weighted by Gasteiger charge is -2.30. The molecule has 3 rings (SSSR count). The lowest BCUT2D eigenvalue weighted by atomic mass is 10.0. The summed E-state index contributed by atoms with van der Waals surface area (Å²) in [5.74, 6) is -0.407. The third kappa shape index (κ3) is 3.84. The van der Waals surface area contributed by atoms with Crippen LogP contribution in [0.1, 0.15) is 36.9 Å². The average molecular weight is 342 g/mol. The minimum Gasteiger partial charge on any atom is -0.333 e. The van der Waals surface area contributed by atoms with E-state index in [0.717, 1.165) is 12.8 Å². The second-order valence-electron chi connectivity index (χ2n) is 6.33. The van der Waals surface area contributed by atoms with Crippen LogP contribution in [-0.4, -0.2) is 21.8 Å². The van der Waals surface area contributed by atoms with E-state index in [0.29, 0.717) is 11.1 Å². The maximum atomic E-state index is 14.1. The topological polar surface area (TPSA) is 63.5 Å². The Labute approximate surface area is 145 Å². The minimum absolute atomic E-state index is 0.00465. The summed E-state index contributed by atoms with van der Waals surface area (Å²) in [5.41, 5.74) is 1.21. The van der Waals surface area contributed by atoms with Gasteiger partial charge in [-0.3, -0.25) is 14.9 Å². The highest BCUT2D eigenvalue weighted by Gasteiger charge is 2.36. The summed E-state index contributed by atoms with van der Waals surface area (Å²) < 4.78 is 14.1. The molecule has 0 spiro atoms. The van der Waals surface area contributed by atoms with Gasteiger partial charge in [-0.2, -0.15) is 0 Å². The summed E-state index contributed by atoms with van der Waals surface area (Å²) in [6, 6.07) is 12.3. The minimum atomic E-state index is -0.470. The molecule has 0 saturated heterocycles. The van der Waals surface area contributed by atoms with Crippen LogP contribution in [0.15, 0.2) is 48.5 Å². The monoisotopic (exact) mass is 342 g/mol. The summed E-state index contributed by atoms with van der Waals surface area (Å²) in [6.07, 6.45) is 1.99. The molecule has 0 heterocycles. The molecule has 0 bridgehead atoms. The Morgan fingerprint density at radius 2 is 1.88 bits per heavy atom. The third-order valence-electron chi connectivity index (χ3n) is 4.50. The maximum absolute atomic E-state index is 14.1. The number of hydrogen-bond donors (Lipinski definition) is 0. The van der Waals surface area contributed by atoms with E-state index in [2.05, 4.69) is 0 Å². The highest BCUT2D eigenvalue weighted by atomic mass is 19.1. The maximum Gasteiger partial charge on any atom is 0.269 e. The Balaban J connectivity index is 1.77. The number of carbonyl (C=O) groups is 1. The van der Waals surface area contributed by atoms with Crippen molar-refractivity contribution in [2.45, 2.75) is 38.3 Å². The first-order valence-electron chi connectivity index (χ1n) is 8.26. The Kier molecular flexibility index (Phi) is 4.79. The summed E-state index contributed by atoms with van der Waals surface area (Å²) in [6.45, 7) is 1.84. The Bertz CT molecular complexity index is 788. The van der Waals surface area contributed by atoms with Crippen LogP contribution in [0.5, 0.6) is 0 Å². The molecule has 130 valence electrons. The first-order valence-corrected chi connectivity index (χ1v) is 8.26. The van der Waals surface area contributed by atoms with Crippen LogP contribution in [-0.2, 0) is 11.2 Å². The van der Waals surface area contributed by atoms with E-state index in [-0.39, 0.29) is 35.9 Å². The number of hydrogen-bond acceptors (Lipinski definition) is 3. The molecular formula is C19H19FN2O3. The fraction of sp³-hybridized carbons (Fsp3) is 0.316. The first-order chi connectivity index (χ1) is 12.0. The van der Waals surface area contributed by atoms with Crippen molar-refractivity contribution in [1.29, 1.82) is 0 Å². The van der Waals surface area contributed by atoms with E-state index in [1.54, 1.807) is 35.2 Å². The van der Waals surface area contributed by atoms with Crippen LogP contribution in [0.2, 0.25) is 0 Å². The average Bonchev–Trinajstić information content (AvgIpc) is 3.40. The van der Waals surface area contributed by atoms with Crippen molar-refractivity contribution in [2.75, 3.05) is 0 Å². The molecule has 1 aliphatic rings. The third-order valence-corrected chi connectivity index (χ3v) is 4.50. The van der Waals surface area contributed by atoms with Crippen LogP contribution in [0.4, 0.5) is 10.1 Å². The van der Waals surface area contributed by atoms with Crippen molar-refractivity contribution in [1.82, 2.24) is 4.90 Å². The number of halogens is 1. The van der Waals surface area contributed by atoms with Crippen molar-refractivity contribution in [3.05, 3.63) is 75.6 Å². The number of non-ortho nitro benzene ring substituents is 1. The molecule has 0 aliphatic heterocycles. The molecule has 6 heteroatoms. The first kappa shape index (κ1) is 17.1. The van der Waals surface area contributed by atoms with Crippen molar-refractivity contribution in [2.24, 2.45) is 0 Å². The number of nitro groups is 1. The van der Waals surface area contributed by atoms with Crippen LogP contribution in [0.25, 0.3) is 0 Å². The largest absolute Gasteiger partial charge is 0.333 e. The Morgan fingerprint density at radius 3 is 2.44 bits per heavy atom. The molecule has 0 aromatic heterocycles. The van der Waals surface area contributed by atoms with Crippen LogP contribution >= 0.6 is 0 Å². The van der Waals surface area contributed by atoms with Gasteiger partial charge in [0.05, 0.1) is 17.4 Å². The fourth-order valence-corrected chi connectivity index (χ4v) is 3.05. The zero-order valence-electron chi connectivity index (χ0n) is 13.9. The van der Waals surface area contributed by atoms with Crippen molar-refractivity contribution >= 4 is 11.6 Å². The number of nitro benzene ring substituents is 1. The SMILES string of the molecule is CC(c1ccccc1F)N(C(=O)Cc1ccc([N+](=O)[O-])cc1)C1CC1. The van der Waals surface area contributed by atoms with E-state index >= 15 is 0 Å². The Morgan fingerprint density at radius 1 is 1.24 bits per heavy atom. The van der Waals surface area contributed by atoms with Gasteiger partial charge in [0.25, 0.3) is 5.69 Å². The van der Waals surface area contributed by atoms with Gasteiger partial charge in [-0.15, -0.1) is 0 Å². The van der Waals surface area contributed by atoms with Gasteiger partial charge < -0.3 is 4.90 Å². The predicted molar refractivity (Wildman–Crippen MR) is 91.5 cm³/mol. The molecule has 1 fully saturated rings. The quantitative estimate of drug-likeness (QED) is 0.588. The molecule has 2 aromatic rings. The second-order valence-corrected chi connectivity index (χ2v) is 6.33. The van der Waals surface area contributed by atoms with E-state index < -0.39 is 4.92 Å². The zero-order chi connectivity index (χ0) is 18.0. The number of amides is 1. The Hall–Kier alpha value is -2.76. The highest BCUT2D eigenvalue weighted by molar-refractivity contribution is 5.80. The van der Waals surface area contributed by atoms with Gasteiger partial charge in [-0.05, 0) is 31.4 Å². The molecule has 1 unspecified atom stereocenters. The lowest BCUT2D eigenvalue weighted by Crippen LogP contribution is -2.37. The zero-order valence-corrected chi connectivity index (χ0v) is 13.9. The summed E-state index contributed by atoms with van der Waals surface area (Å²) >= 11 is 0. The number of rotatable bonds is 6. The van der Waals surface area contributed by atoms with E-state index in [1.165, 1.54) is 18.2 Å². The lowest BCUT2D eigenvalue weighted by molar-refractivity contribution is -0.384. The van der Waals surface area contributed by atoms with Crippen molar-refractivity contribution < 1.29 is 14.1 Å². The molecule has 0 radical (unpaired) electrons. The molecule has 2 aromatic carbocycles. The molecule has 0 N–H and O–H groups in total. The molecule has 1 amide bonds. The number of benzene rings is 2. The van der Waals surface area contributed by atoms with Gasteiger partial charge in [0.15, 0.2) is 0 Å². The smallest absolute Gasteiger partial charge is 0.269 e. The normalized spacial score (nSPS) is 14.8. The number of carbonyl (C=O) groups excluding carboxylic acids is 1. The molecule has 1 aliphatic carbocycles. The summed E-state index contributed by atoms with van der Waals surface area (Å²) in [5, 5.41) is 10.7. The summed E-state index contributed by atoms with van der Waals surface area (Å²) in [7, 11) is 0. The fourth-order valence-electron chi connectivity index (χ4n) is 3.05.